The smallest absolute Gasteiger partial charge is 0.240 e. The summed E-state index contributed by atoms with van der Waals surface area (Å²) in [6.45, 7) is 2.46. The standard InChI is InChI=1S/C20H24N4O3S2.ClH/c1-3-5-15(24-29(25,26)17-9-7-16(27-2)8-10-17)12-22-18-6-4-11-21-20(18)19-13-28-14-23-19;/h4,6-11,13-15,22,24H,3,5,12H2,1-2H3;1H. The molecule has 3 aromatic rings. The molecule has 1 unspecified atom stereocenters. The van der Waals surface area contributed by atoms with E-state index in [1.165, 1.54) is 11.3 Å². The van der Waals surface area contributed by atoms with Crippen molar-refractivity contribution in [2.24, 2.45) is 0 Å². The van der Waals surface area contributed by atoms with E-state index >= 15 is 0 Å². The number of pyridine rings is 1. The van der Waals surface area contributed by atoms with E-state index in [1.54, 1.807) is 43.1 Å². The molecule has 3 rings (SSSR count). The van der Waals surface area contributed by atoms with Gasteiger partial charge in [-0.25, -0.2) is 18.1 Å². The van der Waals surface area contributed by atoms with Crippen molar-refractivity contribution >= 4 is 39.5 Å². The second kappa shape index (κ2) is 11.3. The average molecular weight is 469 g/mol. The molecule has 0 radical (unpaired) electrons. The van der Waals surface area contributed by atoms with Crippen molar-refractivity contribution in [3.05, 3.63) is 53.5 Å². The van der Waals surface area contributed by atoms with Gasteiger partial charge in [0.05, 0.1) is 23.2 Å². The largest absolute Gasteiger partial charge is 0.497 e. The van der Waals surface area contributed by atoms with Crippen LogP contribution in [0.3, 0.4) is 0 Å². The molecule has 0 bridgehead atoms. The van der Waals surface area contributed by atoms with Crippen molar-refractivity contribution in [1.82, 2.24) is 14.7 Å². The molecule has 0 aliphatic heterocycles. The third kappa shape index (κ3) is 6.15. The minimum Gasteiger partial charge on any atom is -0.497 e. The van der Waals surface area contributed by atoms with Crippen LogP contribution in [0.5, 0.6) is 5.75 Å². The topological polar surface area (TPSA) is 93.2 Å². The van der Waals surface area contributed by atoms with Crippen LogP contribution in [0.4, 0.5) is 5.69 Å². The van der Waals surface area contributed by atoms with E-state index in [1.807, 2.05) is 24.4 Å². The predicted molar refractivity (Wildman–Crippen MR) is 123 cm³/mol. The summed E-state index contributed by atoms with van der Waals surface area (Å²) in [5.74, 6) is 0.613. The molecule has 162 valence electrons. The molecule has 2 N–H and O–H groups in total. The quantitative estimate of drug-likeness (QED) is 0.463. The van der Waals surface area contributed by atoms with Crippen LogP contribution >= 0.6 is 23.7 Å². The summed E-state index contributed by atoms with van der Waals surface area (Å²) in [7, 11) is -2.09. The Bertz CT molecular complexity index is 1010. The fourth-order valence-corrected chi connectivity index (χ4v) is 4.72. The predicted octanol–water partition coefficient (Wildman–Crippen LogP) is 4.19. The number of hydrogen-bond acceptors (Lipinski definition) is 7. The summed E-state index contributed by atoms with van der Waals surface area (Å²) in [5.41, 5.74) is 4.13. The highest BCUT2D eigenvalue weighted by molar-refractivity contribution is 7.89. The molecule has 1 aromatic carbocycles. The number of benzene rings is 1. The van der Waals surface area contributed by atoms with Crippen LogP contribution in [0.25, 0.3) is 11.4 Å². The highest BCUT2D eigenvalue weighted by atomic mass is 35.5. The van der Waals surface area contributed by atoms with Crippen molar-refractivity contribution in [3.63, 3.8) is 0 Å². The first-order chi connectivity index (χ1) is 14.0. The number of halogens is 1. The second-order valence-corrected chi connectivity index (χ2v) is 8.87. The minimum atomic E-state index is -3.64. The first-order valence-corrected chi connectivity index (χ1v) is 11.7. The summed E-state index contributed by atoms with van der Waals surface area (Å²) in [4.78, 5) is 8.94. The van der Waals surface area contributed by atoms with Gasteiger partial charge in [-0.2, -0.15) is 0 Å². The third-order valence-electron chi connectivity index (χ3n) is 4.35. The Morgan fingerprint density at radius 3 is 2.57 bits per heavy atom. The first-order valence-electron chi connectivity index (χ1n) is 9.27. The van der Waals surface area contributed by atoms with Crippen LogP contribution in [0.2, 0.25) is 0 Å². The Labute approximate surface area is 187 Å². The molecule has 0 fully saturated rings. The lowest BCUT2D eigenvalue weighted by Gasteiger charge is -2.20. The number of ether oxygens (including phenoxy) is 1. The zero-order valence-corrected chi connectivity index (χ0v) is 19.2. The number of nitrogens with one attached hydrogen (secondary N) is 2. The summed E-state index contributed by atoms with van der Waals surface area (Å²) >= 11 is 1.50. The number of methoxy groups -OCH3 is 1. The Morgan fingerprint density at radius 2 is 1.93 bits per heavy atom. The lowest BCUT2D eigenvalue weighted by Crippen LogP contribution is -2.39. The van der Waals surface area contributed by atoms with Crippen LogP contribution in [-0.4, -0.2) is 38.1 Å². The number of sulfonamides is 1. The van der Waals surface area contributed by atoms with Crippen LogP contribution in [-0.2, 0) is 10.0 Å². The Kier molecular flexibility index (Phi) is 9.04. The normalized spacial score (nSPS) is 12.1. The van der Waals surface area contributed by atoms with Gasteiger partial charge >= 0.3 is 0 Å². The number of nitrogens with zero attached hydrogens (tertiary/aromatic N) is 2. The highest BCUT2D eigenvalue weighted by Crippen LogP contribution is 2.25. The van der Waals surface area contributed by atoms with Crippen molar-refractivity contribution in [1.29, 1.82) is 0 Å². The number of anilines is 1. The molecule has 0 aliphatic carbocycles. The van der Waals surface area contributed by atoms with E-state index in [-0.39, 0.29) is 23.3 Å². The number of aromatic nitrogens is 2. The Morgan fingerprint density at radius 1 is 1.17 bits per heavy atom. The maximum Gasteiger partial charge on any atom is 0.240 e. The molecular formula is C20H25ClN4O3S2. The fraction of sp³-hybridized carbons (Fsp3) is 0.300. The summed E-state index contributed by atoms with van der Waals surface area (Å²) in [6.07, 6.45) is 3.27. The van der Waals surface area contributed by atoms with Crippen LogP contribution < -0.4 is 14.8 Å². The molecule has 0 spiro atoms. The molecule has 0 aliphatic rings. The monoisotopic (exact) mass is 468 g/mol. The van der Waals surface area contributed by atoms with Gasteiger partial charge < -0.3 is 10.1 Å². The minimum absolute atomic E-state index is 0. The molecule has 2 heterocycles. The van der Waals surface area contributed by atoms with Crippen molar-refractivity contribution in [2.75, 3.05) is 19.0 Å². The van der Waals surface area contributed by atoms with Gasteiger partial charge in [0.1, 0.15) is 17.1 Å². The Hall–Kier alpha value is -2.20. The van der Waals surface area contributed by atoms with E-state index in [2.05, 4.69) is 20.0 Å². The summed E-state index contributed by atoms with van der Waals surface area (Å²) in [6, 6.07) is 9.85. The SMILES string of the molecule is CCCC(CNc1cccnc1-c1cscn1)NS(=O)(=O)c1ccc(OC)cc1.Cl. The van der Waals surface area contributed by atoms with E-state index in [0.717, 1.165) is 23.5 Å². The third-order valence-corrected chi connectivity index (χ3v) is 6.47. The molecule has 0 saturated carbocycles. The van der Waals surface area contributed by atoms with Crippen LogP contribution in [0.15, 0.2) is 58.4 Å². The molecule has 0 saturated heterocycles. The molecule has 1 atom stereocenters. The summed E-state index contributed by atoms with van der Waals surface area (Å²) < 4.78 is 33.5. The van der Waals surface area contributed by atoms with E-state index in [4.69, 9.17) is 4.74 Å². The first kappa shape index (κ1) is 24.1. The Balaban J connectivity index is 0.00000320. The summed E-state index contributed by atoms with van der Waals surface area (Å²) in [5, 5.41) is 5.27. The van der Waals surface area contributed by atoms with E-state index < -0.39 is 10.0 Å². The molecule has 7 nitrogen and oxygen atoms in total. The molecular weight excluding hydrogens is 444 g/mol. The lowest BCUT2D eigenvalue weighted by molar-refractivity contribution is 0.414. The van der Waals surface area contributed by atoms with Crippen LogP contribution in [0.1, 0.15) is 19.8 Å². The lowest BCUT2D eigenvalue weighted by atomic mass is 10.1. The number of rotatable bonds is 10. The molecule has 0 amide bonds. The van der Waals surface area contributed by atoms with Crippen LogP contribution in [0, 0.1) is 0 Å². The van der Waals surface area contributed by atoms with Gasteiger partial charge in [0.2, 0.25) is 10.0 Å². The van der Waals surface area contributed by atoms with Gasteiger partial charge in [-0.1, -0.05) is 13.3 Å². The molecule has 10 heteroatoms. The maximum absolute atomic E-state index is 12.8. The zero-order valence-electron chi connectivity index (χ0n) is 16.7. The maximum atomic E-state index is 12.8. The fourth-order valence-electron chi connectivity index (χ4n) is 2.91. The van der Waals surface area contributed by atoms with Crippen molar-refractivity contribution < 1.29 is 13.2 Å². The van der Waals surface area contributed by atoms with Gasteiger partial charge in [-0.15, -0.1) is 23.7 Å². The zero-order chi connectivity index (χ0) is 20.7. The molecule has 30 heavy (non-hydrogen) atoms. The molecule has 2 aromatic heterocycles. The van der Waals surface area contributed by atoms with E-state index in [0.29, 0.717) is 18.7 Å². The van der Waals surface area contributed by atoms with Gasteiger partial charge in [0, 0.05) is 24.2 Å². The number of hydrogen-bond donors (Lipinski definition) is 2. The highest BCUT2D eigenvalue weighted by Gasteiger charge is 2.20. The van der Waals surface area contributed by atoms with Gasteiger partial charge in [0.25, 0.3) is 0 Å². The van der Waals surface area contributed by atoms with Crippen molar-refractivity contribution in [2.45, 2.75) is 30.7 Å². The average Bonchev–Trinajstić information content (AvgIpc) is 3.27. The van der Waals surface area contributed by atoms with E-state index in [9.17, 15) is 8.42 Å². The second-order valence-electron chi connectivity index (χ2n) is 6.44. The van der Waals surface area contributed by atoms with Gasteiger partial charge in [0.15, 0.2) is 0 Å². The van der Waals surface area contributed by atoms with Gasteiger partial charge in [-0.3, -0.25) is 4.98 Å². The van der Waals surface area contributed by atoms with Crippen molar-refractivity contribution in [3.8, 4) is 17.1 Å². The van der Waals surface area contributed by atoms with Gasteiger partial charge in [-0.05, 0) is 42.8 Å². The number of thiazole rings is 1.